The third kappa shape index (κ3) is 1.33. The fraction of sp³-hybridized carbons (Fsp3) is 0.267. The summed E-state index contributed by atoms with van der Waals surface area (Å²) in [5.41, 5.74) is 5.42. The van der Waals surface area contributed by atoms with Gasteiger partial charge in [-0.25, -0.2) is 0 Å². The minimum absolute atomic E-state index is 0.463. The number of hydrogen-bond acceptors (Lipinski definition) is 3. The summed E-state index contributed by atoms with van der Waals surface area (Å²) >= 11 is 0. The Balaban J connectivity index is 1.83. The molecule has 1 unspecified atom stereocenters. The number of hydrogen-bond donors (Lipinski definition) is 1. The van der Waals surface area contributed by atoms with Crippen LogP contribution in [0.2, 0.25) is 0 Å². The monoisotopic (exact) mass is 237 g/mol. The summed E-state index contributed by atoms with van der Waals surface area (Å²) < 4.78 is 0. The molecule has 0 aliphatic carbocycles. The standard InChI is InChI=1S/C15H15N3/c1-2-4-12-11(3-1)6-8-18-14-5-7-16-9-13(14)17-10-15(12)18/h1-5,7,9,15,17H,6,8,10H2. The molecule has 0 saturated heterocycles. The van der Waals surface area contributed by atoms with E-state index in [1.807, 2.05) is 12.4 Å². The lowest BCUT2D eigenvalue weighted by molar-refractivity contribution is 0.591. The first-order chi connectivity index (χ1) is 8.93. The van der Waals surface area contributed by atoms with E-state index in [4.69, 9.17) is 0 Å². The van der Waals surface area contributed by atoms with Crippen molar-refractivity contribution in [2.45, 2.75) is 12.5 Å². The molecule has 0 amide bonds. The molecule has 2 aromatic rings. The van der Waals surface area contributed by atoms with Gasteiger partial charge in [0.1, 0.15) is 0 Å². The van der Waals surface area contributed by atoms with Gasteiger partial charge in [-0.15, -0.1) is 0 Å². The zero-order chi connectivity index (χ0) is 11.9. The molecule has 4 rings (SSSR count). The van der Waals surface area contributed by atoms with Crippen molar-refractivity contribution in [1.29, 1.82) is 0 Å². The number of nitrogens with one attached hydrogen (secondary N) is 1. The van der Waals surface area contributed by atoms with Crippen molar-refractivity contribution in [3.05, 3.63) is 53.9 Å². The quantitative estimate of drug-likeness (QED) is 0.763. The average molecular weight is 237 g/mol. The van der Waals surface area contributed by atoms with Gasteiger partial charge in [0.2, 0.25) is 0 Å². The van der Waals surface area contributed by atoms with E-state index in [9.17, 15) is 0 Å². The van der Waals surface area contributed by atoms with Crippen LogP contribution >= 0.6 is 0 Å². The van der Waals surface area contributed by atoms with Crippen LogP contribution in [0.5, 0.6) is 0 Å². The van der Waals surface area contributed by atoms with Gasteiger partial charge >= 0.3 is 0 Å². The van der Waals surface area contributed by atoms with Crippen LogP contribution in [0.4, 0.5) is 11.4 Å². The average Bonchev–Trinajstić information content (AvgIpc) is 2.46. The van der Waals surface area contributed by atoms with Crippen LogP contribution in [0.25, 0.3) is 0 Å². The molecule has 3 heteroatoms. The highest BCUT2D eigenvalue weighted by Gasteiger charge is 2.31. The molecule has 2 aliphatic rings. The summed E-state index contributed by atoms with van der Waals surface area (Å²) in [4.78, 5) is 6.70. The van der Waals surface area contributed by atoms with Crippen molar-refractivity contribution in [2.75, 3.05) is 23.3 Å². The van der Waals surface area contributed by atoms with Gasteiger partial charge in [-0.1, -0.05) is 24.3 Å². The number of aromatic nitrogens is 1. The van der Waals surface area contributed by atoms with Crippen LogP contribution in [0.3, 0.4) is 0 Å². The SMILES string of the molecule is c1ccc2c(c1)CCN1c3ccncc3NCC21. The van der Waals surface area contributed by atoms with Crippen LogP contribution in [0.15, 0.2) is 42.7 Å². The maximum Gasteiger partial charge on any atom is 0.0765 e. The Labute approximate surface area is 106 Å². The van der Waals surface area contributed by atoms with E-state index < -0.39 is 0 Å². The Morgan fingerprint density at radius 1 is 1.22 bits per heavy atom. The van der Waals surface area contributed by atoms with Crippen LogP contribution in [0.1, 0.15) is 17.2 Å². The normalized spacial score (nSPS) is 20.4. The fourth-order valence-electron chi connectivity index (χ4n) is 3.14. The van der Waals surface area contributed by atoms with E-state index >= 15 is 0 Å². The Kier molecular flexibility index (Phi) is 2.06. The van der Waals surface area contributed by atoms with Gasteiger partial charge in [-0.2, -0.15) is 0 Å². The van der Waals surface area contributed by atoms with Gasteiger partial charge in [-0.05, 0) is 23.6 Å². The molecule has 1 aromatic carbocycles. The van der Waals surface area contributed by atoms with Crippen LogP contribution in [-0.2, 0) is 6.42 Å². The smallest absolute Gasteiger partial charge is 0.0765 e. The molecule has 2 aliphatic heterocycles. The van der Waals surface area contributed by atoms with Crippen LogP contribution in [0, 0.1) is 0 Å². The third-order valence-corrected chi connectivity index (χ3v) is 4.01. The molecule has 3 nitrogen and oxygen atoms in total. The second kappa shape index (κ2) is 3.73. The molecule has 1 N–H and O–H groups in total. The third-order valence-electron chi connectivity index (χ3n) is 4.01. The lowest BCUT2D eigenvalue weighted by atomic mass is 9.90. The van der Waals surface area contributed by atoms with Crippen molar-refractivity contribution >= 4 is 11.4 Å². The lowest BCUT2D eigenvalue weighted by Gasteiger charge is -2.43. The zero-order valence-corrected chi connectivity index (χ0v) is 10.1. The fourth-order valence-corrected chi connectivity index (χ4v) is 3.14. The van der Waals surface area contributed by atoms with E-state index in [1.165, 1.54) is 16.8 Å². The van der Waals surface area contributed by atoms with Crippen molar-refractivity contribution < 1.29 is 0 Å². The molecule has 0 saturated carbocycles. The first-order valence-electron chi connectivity index (χ1n) is 6.46. The minimum Gasteiger partial charge on any atom is -0.380 e. The summed E-state index contributed by atoms with van der Waals surface area (Å²) in [7, 11) is 0. The highest BCUT2D eigenvalue weighted by Crippen LogP contribution is 2.40. The van der Waals surface area contributed by atoms with Gasteiger partial charge in [0.05, 0.1) is 23.6 Å². The number of nitrogens with zero attached hydrogens (tertiary/aromatic N) is 2. The first kappa shape index (κ1) is 9.95. The van der Waals surface area contributed by atoms with Crippen molar-refractivity contribution in [3.8, 4) is 0 Å². The summed E-state index contributed by atoms with van der Waals surface area (Å²) in [6.45, 7) is 2.07. The number of anilines is 2. The summed E-state index contributed by atoms with van der Waals surface area (Å²) in [6.07, 6.45) is 4.93. The Bertz CT molecular complexity index is 540. The van der Waals surface area contributed by atoms with Crippen LogP contribution in [-0.4, -0.2) is 18.1 Å². The molecule has 1 aromatic heterocycles. The molecule has 0 spiro atoms. The molecule has 18 heavy (non-hydrogen) atoms. The van der Waals surface area contributed by atoms with Gasteiger partial charge in [0.15, 0.2) is 0 Å². The summed E-state index contributed by atoms with van der Waals surface area (Å²) in [5, 5.41) is 3.50. The Morgan fingerprint density at radius 3 is 3.17 bits per heavy atom. The maximum atomic E-state index is 4.19. The van der Waals surface area contributed by atoms with Gasteiger partial charge in [0.25, 0.3) is 0 Å². The van der Waals surface area contributed by atoms with Gasteiger partial charge in [0, 0.05) is 19.3 Å². The van der Waals surface area contributed by atoms with Crippen LogP contribution < -0.4 is 10.2 Å². The molecule has 0 fully saturated rings. The predicted molar refractivity (Wildman–Crippen MR) is 73.0 cm³/mol. The van der Waals surface area contributed by atoms with Crippen molar-refractivity contribution in [3.63, 3.8) is 0 Å². The highest BCUT2D eigenvalue weighted by atomic mass is 15.2. The molecule has 90 valence electrons. The molecular formula is C15H15N3. The van der Waals surface area contributed by atoms with Crippen molar-refractivity contribution in [1.82, 2.24) is 4.98 Å². The number of fused-ring (bicyclic) bond motifs is 5. The lowest BCUT2D eigenvalue weighted by Crippen LogP contribution is -2.42. The zero-order valence-electron chi connectivity index (χ0n) is 10.1. The highest BCUT2D eigenvalue weighted by molar-refractivity contribution is 5.72. The molecule has 0 bridgehead atoms. The van der Waals surface area contributed by atoms with E-state index in [0.717, 1.165) is 25.2 Å². The Hall–Kier alpha value is -2.03. The second-order valence-electron chi connectivity index (χ2n) is 4.93. The number of pyridine rings is 1. The first-order valence-corrected chi connectivity index (χ1v) is 6.46. The van der Waals surface area contributed by atoms with Crippen molar-refractivity contribution in [2.24, 2.45) is 0 Å². The predicted octanol–water partition coefficient (Wildman–Crippen LogP) is 2.61. The largest absolute Gasteiger partial charge is 0.380 e. The minimum atomic E-state index is 0.463. The van der Waals surface area contributed by atoms with Gasteiger partial charge < -0.3 is 10.2 Å². The number of rotatable bonds is 0. The molecular weight excluding hydrogens is 222 g/mol. The molecule has 3 heterocycles. The van der Waals surface area contributed by atoms with Gasteiger partial charge in [-0.3, -0.25) is 4.98 Å². The van der Waals surface area contributed by atoms with E-state index in [-0.39, 0.29) is 0 Å². The van der Waals surface area contributed by atoms with E-state index in [1.54, 1.807) is 0 Å². The number of benzene rings is 1. The molecule has 1 atom stereocenters. The molecule has 0 radical (unpaired) electrons. The summed E-state index contributed by atoms with van der Waals surface area (Å²) in [5.74, 6) is 0. The Morgan fingerprint density at radius 2 is 2.17 bits per heavy atom. The second-order valence-corrected chi connectivity index (χ2v) is 4.93. The summed E-state index contributed by atoms with van der Waals surface area (Å²) in [6, 6.07) is 11.4. The maximum absolute atomic E-state index is 4.19. The van der Waals surface area contributed by atoms with E-state index in [0.29, 0.717) is 6.04 Å². The topological polar surface area (TPSA) is 28.2 Å². The van der Waals surface area contributed by atoms with E-state index in [2.05, 4.69) is 45.5 Å².